The molecule has 0 aliphatic heterocycles. The van der Waals surface area contributed by atoms with Crippen LogP contribution < -0.4 is 4.74 Å². The van der Waals surface area contributed by atoms with E-state index in [1.165, 1.54) is 5.56 Å². The summed E-state index contributed by atoms with van der Waals surface area (Å²) in [6, 6.07) is 5.92. The van der Waals surface area contributed by atoms with Crippen LogP contribution in [-0.2, 0) is 26.2 Å². The zero-order chi connectivity index (χ0) is 16.2. The van der Waals surface area contributed by atoms with Crippen molar-refractivity contribution in [3.05, 3.63) is 29.3 Å². The van der Waals surface area contributed by atoms with E-state index in [0.29, 0.717) is 19.4 Å². The highest BCUT2D eigenvalue weighted by Crippen LogP contribution is 2.39. The Morgan fingerprint density at radius 1 is 1.32 bits per heavy atom. The first-order valence-electron chi connectivity index (χ1n) is 7.87. The highest BCUT2D eigenvalue weighted by Gasteiger charge is 2.38. The molecule has 0 aromatic heterocycles. The van der Waals surface area contributed by atoms with Crippen LogP contribution in [0.15, 0.2) is 18.2 Å². The van der Waals surface area contributed by atoms with E-state index in [1.807, 2.05) is 25.1 Å². The second-order valence-corrected chi connectivity index (χ2v) is 5.94. The molecule has 1 aromatic rings. The largest absolute Gasteiger partial charge is 0.497 e. The van der Waals surface area contributed by atoms with Gasteiger partial charge in [-0.25, -0.2) is 0 Å². The molecule has 0 fully saturated rings. The molecule has 4 heteroatoms. The maximum absolute atomic E-state index is 12.7. The molecule has 0 saturated heterocycles. The van der Waals surface area contributed by atoms with Gasteiger partial charge in [0.2, 0.25) is 0 Å². The minimum atomic E-state index is -0.646. The first-order valence-corrected chi connectivity index (χ1v) is 7.87. The fourth-order valence-corrected chi connectivity index (χ4v) is 3.14. The predicted molar refractivity (Wildman–Crippen MR) is 84.2 cm³/mol. The van der Waals surface area contributed by atoms with E-state index in [2.05, 4.69) is 0 Å². The Morgan fingerprint density at radius 3 is 2.77 bits per heavy atom. The average molecular weight is 304 g/mol. The molecule has 0 spiro atoms. The number of Topliss-reactive ketones (excluding diaryl/α,β-unsaturated/α-hetero) is 1. The molecule has 1 aliphatic rings. The van der Waals surface area contributed by atoms with Crippen molar-refractivity contribution in [2.45, 2.75) is 51.4 Å². The highest BCUT2D eigenvalue weighted by molar-refractivity contribution is 5.91. The molecule has 0 amide bonds. The number of carbonyl (C=O) groups excluding carboxylic acids is 2. The molecule has 2 rings (SSSR count). The molecule has 4 nitrogen and oxygen atoms in total. The number of hydrogen-bond donors (Lipinski definition) is 0. The third-order valence-electron chi connectivity index (χ3n) is 4.51. The second-order valence-electron chi connectivity index (χ2n) is 5.94. The van der Waals surface area contributed by atoms with Crippen LogP contribution in [0.1, 0.15) is 50.7 Å². The molecule has 1 aliphatic carbocycles. The van der Waals surface area contributed by atoms with Gasteiger partial charge in [0.05, 0.1) is 19.1 Å². The maximum atomic E-state index is 12.7. The van der Waals surface area contributed by atoms with Crippen LogP contribution >= 0.6 is 0 Å². The Bertz CT molecular complexity index is 564. The third-order valence-corrected chi connectivity index (χ3v) is 4.51. The van der Waals surface area contributed by atoms with E-state index >= 15 is 0 Å². The number of ketones is 1. The van der Waals surface area contributed by atoms with Gasteiger partial charge in [0.1, 0.15) is 11.5 Å². The zero-order valence-corrected chi connectivity index (χ0v) is 13.6. The second kappa shape index (κ2) is 6.95. The highest BCUT2D eigenvalue weighted by atomic mass is 16.5. The molecular weight excluding hydrogens is 280 g/mol. The maximum Gasteiger partial charge on any atom is 0.305 e. The van der Waals surface area contributed by atoms with E-state index in [0.717, 1.165) is 24.2 Å². The normalized spacial score (nSPS) is 21.0. The molecule has 1 aromatic carbocycles. The lowest BCUT2D eigenvalue weighted by Crippen LogP contribution is -2.33. The summed E-state index contributed by atoms with van der Waals surface area (Å²) in [6.45, 7) is 4.10. The molecule has 22 heavy (non-hydrogen) atoms. The van der Waals surface area contributed by atoms with Crippen LogP contribution in [0.2, 0.25) is 0 Å². The van der Waals surface area contributed by atoms with Gasteiger partial charge < -0.3 is 9.47 Å². The smallest absolute Gasteiger partial charge is 0.305 e. The molecule has 0 heterocycles. The van der Waals surface area contributed by atoms with Crippen LogP contribution in [0.4, 0.5) is 0 Å². The molecule has 0 bridgehead atoms. The van der Waals surface area contributed by atoms with Crippen LogP contribution in [0.3, 0.4) is 0 Å². The van der Waals surface area contributed by atoms with Crippen LogP contribution in [0.5, 0.6) is 5.75 Å². The molecule has 0 N–H and O–H groups in total. The van der Waals surface area contributed by atoms with Crippen LogP contribution in [-0.4, -0.2) is 25.5 Å². The molecule has 1 unspecified atom stereocenters. The summed E-state index contributed by atoms with van der Waals surface area (Å²) >= 11 is 0. The van der Waals surface area contributed by atoms with Crippen molar-refractivity contribution in [1.29, 1.82) is 0 Å². The number of esters is 1. The monoisotopic (exact) mass is 304 g/mol. The van der Waals surface area contributed by atoms with E-state index in [-0.39, 0.29) is 18.2 Å². The lowest BCUT2D eigenvalue weighted by molar-refractivity contribution is -0.143. The Labute approximate surface area is 131 Å². The average Bonchev–Trinajstić information content (AvgIpc) is 2.64. The quantitative estimate of drug-likeness (QED) is 0.619. The summed E-state index contributed by atoms with van der Waals surface area (Å²) in [6.07, 6.45) is 3.03. The number of rotatable bonds is 5. The van der Waals surface area contributed by atoms with Gasteiger partial charge in [0, 0.05) is 12.8 Å². The standard InChI is InChI=1S/C18H24O4/c1-4-22-17(20)10-11-18(2)15-12-14(21-3)9-8-13(15)6-5-7-16(18)19/h8-9,12H,4-7,10-11H2,1-3H3. The van der Waals surface area contributed by atoms with Crippen LogP contribution in [0, 0.1) is 0 Å². The van der Waals surface area contributed by atoms with Crippen molar-refractivity contribution in [1.82, 2.24) is 0 Å². The Morgan fingerprint density at radius 2 is 2.09 bits per heavy atom. The Balaban J connectivity index is 2.34. The number of aryl methyl sites for hydroxylation is 1. The van der Waals surface area contributed by atoms with E-state index < -0.39 is 5.41 Å². The van der Waals surface area contributed by atoms with E-state index in [1.54, 1.807) is 14.0 Å². The topological polar surface area (TPSA) is 52.6 Å². The first-order chi connectivity index (χ1) is 10.5. The fraction of sp³-hybridized carbons (Fsp3) is 0.556. The summed E-state index contributed by atoms with van der Waals surface area (Å²) < 4.78 is 10.3. The van der Waals surface area contributed by atoms with Crippen molar-refractivity contribution in [2.24, 2.45) is 0 Å². The Hall–Kier alpha value is -1.84. The van der Waals surface area contributed by atoms with Crippen LogP contribution in [0.25, 0.3) is 0 Å². The SMILES string of the molecule is CCOC(=O)CCC1(C)C(=O)CCCc2ccc(OC)cc21. The van der Waals surface area contributed by atoms with Gasteiger partial charge in [-0.2, -0.15) is 0 Å². The van der Waals surface area contributed by atoms with Gasteiger partial charge in [-0.05, 0) is 56.4 Å². The van der Waals surface area contributed by atoms with Gasteiger partial charge >= 0.3 is 5.97 Å². The van der Waals surface area contributed by atoms with Gasteiger partial charge in [-0.3, -0.25) is 9.59 Å². The zero-order valence-electron chi connectivity index (χ0n) is 13.6. The summed E-state index contributed by atoms with van der Waals surface area (Å²) in [5, 5.41) is 0. The first kappa shape index (κ1) is 16.5. The van der Waals surface area contributed by atoms with Crippen molar-refractivity contribution in [3.63, 3.8) is 0 Å². The summed E-state index contributed by atoms with van der Waals surface area (Å²) in [4.78, 5) is 24.4. The minimum absolute atomic E-state index is 0.198. The number of ether oxygens (including phenoxy) is 2. The lowest BCUT2D eigenvalue weighted by atomic mass is 9.73. The third kappa shape index (κ3) is 3.32. The minimum Gasteiger partial charge on any atom is -0.497 e. The lowest BCUT2D eigenvalue weighted by Gasteiger charge is -2.29. The van der Waals surface area contributed by atoms with Gasteiger partial charge in [0.15, 0.2) is 0 Å². The number of carbonyl (C=O) groups is 2. The van der Waals surface area contributed by atoms with Gasteiger partial charge in [-0.1, -0.05) is 6.07 Å². The summed E-state index contributed by atoms with van der Waals surface area (Å²) in [7, 11) is 1.62. The number of benzene rings is 1. The van der Waals surface area contributed by atoms with Crippen molar-refractivity contribution in [2.75, 3.05) is 13.7 Å². The molecule has 1 atom stereocenters. The summed E-state index contributed by atoms with van der Waals surface area (Å²) in [5.74, 6) is 0.699. The van der Waals surface area contributed by atoms with E-state index in [9.17, 15) is 9.59 Å². The predicted octanol–water partition coefficient (Wildman–Crippen LogP) is 3.20. The molecule has 120 valence electrons. The van der Waals surface area contributed by atoms with Gasteiger partial charge in [0.25, 0.3) is 0 Å². The number of methoxy groups -OCH3 is 1. The molecule has 0 saturated carbocycles. The number of fused-ring (bicyclic) bond motifs is 1. The molecular formula is C18H24O4. The Kier molecular flexibility index (Phi) is 5.22. The summed E-state index contributed by atoms with van der Waals surface area (Å²) in [5.41, 5.74) is 1.53. The van der Waals surface area contributed by atoms with E-state index in [4.69, 9.17) is 9.47 Å². The van der Waals surface area contributed by atoms with Crippen molar-refractivity contribution >= 4 is 11.8 Å². The van der Waals surface area contributed by atoms with Gasteiger partial charge in [-0.15, -0.1) is 0 Å². The van der Waals surface area contributed by atoms with Crippen molar-refractivity contribution < 1.29 is 19.1 Å². The fourth-order valence-electron chi connectivity index (χ4n) is 3.14. The van der Waals surface area contributed by atoms with Crippen molar-refractivity contribution in [3.8, 4) is 5.75 Å². The molecule has 0 radical (unpaired) electrons. The number of hydrogen-bond acceptors (Lipinski definition) is 4.